The summed E-state index contributed by atoms with van der Waals surface area (Å²) in [6.45, 7) is 9.92. The number of carbonyl (C=O) groups excluding carboxylic acids is 2. The van der Waals surface area contributed by atoms with E-state index in [1.54, 1.807) is 31.4 Å². The number of carbonyl (C=O) groups is 2. The quantitative estimate of drug-likeness (QED) is 0.405. The van der Waals surface area contributed by atoms with Crippen molar-refractivity contribution >= 4 is 28.2 Å². The molecule has 1 aromatic heterocycles. The van der Waals surface area contributed by atoms with E-state index in [-0.39, 0.29) is 23.4 Å². The van der Waals surface area contributed by atoms with Gasteiger partial charge in [0.15, 0.2) is 6.10 Å². The van der Waals surface area contributed by atoms with Gasteiger partial charge in [-0.2, -0.15) is 0 Å². The van der Waals surface area contributed by atoms with Crippen molar-refractivity contribution in [1.29, 1.82) is 0 Å². The third kappa shape index (κ3) is 5.99. The number of nitrogens with one attached hydrogen (secondary N) is 1. The van der Waals surface area contributed by atoms with E-state index >= 15 is 0 Å². The first-order valence-corrected chi connectivity index (χ1v) is 11.6. The molecule has 5 nitrogen and oxygen atoms in total. The van der Waals surface area contributed by atoms with E-state index < -0.39 is 18.0 Å². The number of benzene rings is 2. The van der Waals surface area contributed by atoms with E-state index in [9.17, 15) is 14.0 Å². The highest BCUT2D eigenvalue weighted by atomic mass is 32.1. The molecule has 0 aliphatic rings. The van der Waals surface area contributed by atoms with Crippen LogP contribution in [-0.4, -0.2) is 24.6 Å². The number of amides is 1. The van der Waals surface area contributed by atoms with Crippen molar-refractivity contribution in [2.75, 3.05) is 11.9 Å². The average Bonchev–Trinajstić information content (AvgIpc) is 3.17. The van der Waals surface area contributed by atoms with Crippen LogP contribution >= 0.6 is 11.3 Å². The van der Waals surface area contributed by atoms with E-state index in [0.717, 1.165) is 5.56 Å². The van der Waals surface area contributed by atoms with Crippen LogP contribution in [0.5, 0.6) is 5.75 Å². The van der Waals surface area contributed by atoms with Gasteiger partial charge in [0.2, 0.25) is 0 Å². The standard InChI is InChI=1S/C26H28FNO4S/c1-6-31-25(30)22-21(17-7-11-19(27)12-8-17)15-33-24(22)28-23(29)16(2)32-20-13-9-18(10-14-20)26(3,4)5/h7-16H,6H2,1-5H3,(H,28,29). The molecule has 0 radical (unpaired) electrons. The molecule has 1 heterocycles. The lowest BCUT2D eigenvalue weighted by molar-refractivity contribution is -0.122. The minimum atomic E-state index is -0.795. The normalized spacial score (nSPS) is 12.2. The number of esters is 1. The van der Waals surface area contributed by atoms with Crippen LogP contribution in [0.1, 0.15) is 50.5 Å². The molecule has 1 amide bonds. The first-order valence-electron chi connectivity index (χ1n) is 10.7. The van der Waals surface area contributed by atoms with Gasteiger partial charge in [0.1, 0.15) is 22.1 Å². The van der Waals surface area contributed by atoms with Crippen LogP contribution in [0.4, 0.5) is 9.39 Å². The largest absolute Gasteiger partial charge is 0.481 e. The maximum absolute atomic E-state index is 13.3. The summed E-state index contributed by atoms with van der Waals surface area (Å²) in [7, 11) is 0. The highest BCUT2D eigenvalue weighted by molar-refractivity contribution is 7.15. The summed E-state index contributed by atoms with van der Waals surface area (Å²) in [6, 6.07) is 13.4. The Kier molecular flexibility index (Phi) is 7.53. The first kappa shape index (κ1) is 24.5. The summed E-state index contributed by atoms with van der Waals surface area (Å²) in [5.74, 6) is -0.746. The number of halogens is 1. The number of thiophene rings is 1. The maximum atomic E-state index is 13.3. The summed E-state index contributed by atoms with van der Waals surface area (Å²) >= 11 is 1.20. The van der Waals surface area contributed by atoms with Gasteiger partial charge in [-0.3, -0.25) is 4.79 Å². The van der Waals surface area contributed by atoms with Gasteiger partial charge < -0.3 is 14.8 Å². The molecule has 0 fully saturated rings. The SMILES string of the molecule is CCOC(=O)c1c(-c2ccc(F)cc2)csc1NC(=O)C(C)Oc1ccc(C(C)(C)C)cc1. The Bertz CT molecular complexity index is 1110. The lowest BCUT2D eigenvalue weighted by Crippen LogP contribution is -2.30. The Morgan fingerprint density at radius 2 is 1.70 bits per heavy atom. The van der Waals surface area contributed by atoms with Crippen LogP contribution in [0.2, 0.25) is 0 Å². The number of ether oxygens (including phenoxy) is 2. The molecule has 0 spiro atoms. The Morgan fingerprint density at radius 1 is 1.06 bits per heavy atom. The third-order valence-electron chi connectivity index (χ3n) is 5.06. The fourth-order valence-electron chi connectivity index (χ4n) is 3.20. The molecule has 0 bridgehead atoms. The van der Waals surface area contributed by atoms with Crippen LogP contribution < -0.4 is 10.1 Å². The lowest BCUT2D eigenvalue weighted by atomic mass is 9.87. The molecule has 0 aliphatic carbocycles. The number of hydrogen-bond donors (Lipinski definition) is 1. The Morgan fingerprint density at radius 3 is 2.27 bits per heavy atom. The van der Waals surface area contributed by atoms with Gasteiger partial charge in [-0.1, -0.05) is 45.0 Å². The minimum absolute atomic E-state index is 0.0203. The first-order chi connectivity index (χ1) is 15.6. The second-order valence-corrected chi connectivity index (χ2v) is 9.48. The summed E-state index contributed by atoms with van der Waals surface area (Å²) in [5.41, 5.74) is 2.65. The molecule has 0 saturated heterocycles. The molecule has 2 aromatic carbocycles. The molecule has 174 valence electrons. The fourth-order valence-corrected chi connectivity index (χ4v) is 4.16. The van der Waals surface area contributed by atoms with E-state index in [0.29, 0.717) is 21.9 Å². The van der Waals surface area contributed by atoms with Gasteiger partial charge in [-0.15, -0.1) is 11.3 Å². The van der Waals surface area contributed by atoms with Gasteiger partial charge in [0, 0.05) is 10.9 Å². The van der Waals surface area contributed by atoms with Crippen molar-refractivity contribution in [2.24, 2.45) is 0 Å². The predicted octanol–water partition coefficient (Wildman–Crippen LogP) is 6.43. The smallest absolute Gasteiger partial charge is 0.341 e. The Hall–Kier alpha value is -3.19. The molecule has 1 atom stereocenters. The van der Waals surface area contributed by atoms with E-state index in [2.05, 4.69) is 26.1 Å². The van der Waals surface area contributed by atoms with Crippen molar-refractivity contribution in [2.45, 2.75) is 46.1 Å². The minimum Gasteiger partial charge on any atom is -0.481 e. The number of hydrogen-bond acceptors (Lipinski definition) is 5. The molecule has 1 unspecified atom stereocenters. The second kappa shape index (κ2) is 10.2. The van der Waals surface area contributed by atoms with Crippen LogP contribution in [0.3, 0.4) is 0 Å². The number of rotatable bonds is 7. The summed E-state index contributed by atoms with van der Waals surface area (Å²) in [4.78, 5) is 25.5. The molecule has 7 heteroatoms. The van der Waals surface area contributed by atoms with E-state index in [1.165, 1.54) is 23.5 Å². The van der Waals surface area contributed by atoms with Crippen molar-refractivity contribution in [3.8, 4) is 16.9 Å². The molecule has 0 aliphatic heterocycles. The highest BCUT2D eigenvalue weighted by Crippen LogP contribution is 2.36. The average molecular weight is 470 g/mol. The zero-order chi connectivity index (χ0) is 24.2. The van der Waals surface area contributed by atoms with Gasteiger partial charge in [-0.25, -0.2) is 9.18 Å². The molecule has 0 saturated carbocycles. The molecule has 3 aromatic rings. The molecule has 1 N–H and O–H groups in total. The Labute approximate surface area is 197 Å². The van der Waals surface area contributed by atoms with Gasteiger partial charge in [-0.05, 0) is 54.7 Å². The van der Waals surface area contributed by atoms with Crippen LogP contribution in [0.25, 0.3) is 11.1 Å². The third-order valence-corrected chi connectivity index (χ3v) is 5.96. The van der Waals surface area contributed by atoms with E-state index in [4.69, 9.17) is 9.47 Å². The summed E-state index contributed by atoms with van der Waals surface area (Å²) in [5, 5.41) is 4.89. The molecule has 33 heavy (non-hydrogen) atoms. The zero-order valence-electron chi connectivity index (χ0n) is 19.4. The van der Waals surface area contributed by atoms with Crippen LogP contribution in [0, 0.1) is 5.82 Å². The second-order valence-electron chi connectivity index (χ2n) is 8.60. The van der Waals surface area contributed by atoms with Crippen molar-refractivity contribution in [3.05, 3.63) is 70.9 Å². The van der Waals surface area contributed by atoms with Gasteiger partial charge >= 0.3 is 5.97 Å². The van der Waals surface area contributed by atoms with Gasteiger partial charge in [0.25, 0.3) is 5.91 Å². The summed E-state index contributed by atoms with van der Waals surface area (Å²) in [6.07, 6.45) is -0.795. The fraction of sp³-hybridized carbons (Fsp3) is 0.308. The summed E-state index contributed by atoms with van der Waals surface area (Å²) < 4.78 is 24.4. The lowest BCUT2D eigenvalue weighted by Gasteiger charge is -2.20. The maximum Gasteiger partial charge on any atom is 0.341 e. The Balaban J connectivity index is 1.79. The topological polar surface area (TPSA) is 64.6 Å². The van der Waals surface area contributed by atoms with E-state index in [1.807, 2.05) is 24.3 Å². The molecular formula is C26H28FNO4S. The highest BCUT2D eigenvalue weighted by Gasteiger charge is 2.25. The van der Waals surface area contributed by atoms with Crippen LogP contribution in [-0.2, 0) is 14.9 Å². The monoisotopic (exact) mass is 469 g/mol. The van der Waals surface area contributed by atoms with Gasteiger partial charge in [0.05, 0.1) is 6.61 Å². The van der Waals surface area contributed by atoms with Crippen molar-refractivity contribution in [1.82, 2.24) is 0 Å². The van der Waals surface area contributed by atoms with Crippen molar-refractivity contribution < 1.29 is 23.5 Å². The molecule has 3 rings (SSSR count). The van der Waals surface area contributed by atoms with Crippen LogP contribution in [0.15, 0.2) is 53.9 Å². The zero-order valence-corrected chi connectivity index (χ0v) is 20.2. The van der Waals surface area contributed by atoms with Crippen molar-refractivity contribution in [3.63, 3.8) is 0 Å². The predicted molar refractivity (Wildman–Crippen MR) is 130 cm³/mol. The molecular weight excluding hydrogens is 441 g/mol. The number of anilines is 1.